The summed E-state index contributed by atoms with van der Waals surface area (Å²) in [6.07, 6.45) is 10.8. The first kappa shape index (κ1) is 10.6. The Bertz CT molecular complexity index is 250. The average Bonchev–Trinajstić information content (AvgIpc) is 2.62. The van der Waals surface area contributed by atoms with Gasteiger partial charge in [0.05, 0.1) is 0 Å². The van der Waals surface area contributed by atoms with Gasteiger partial charge in [-0.1, -0.05) is 25.7 Å². The second-order valence-corrected chi connectivity index (χ2v) is 4.32. The van der Waals surface area contributed by atoms with Crippen LogP contribution in [-0.4, -0.2) is 27.8 Å². The first-order chi connectivity index (χ1) is 7.45. The second kappa shape index (κ2) is 5.85. The second-order valence-electron chi connectivity index (χ2n) is 4.32. The molecular weight excluding hydrogens is 188 g/mol. The fourth-order valence-corrected chi connectivity index (χ4v) is 2.23. The maximum absolute atomic E-state index is 4.11. The molecule has 0 bridgehead atoms. The number of hydrogen-bond acceptors (Lipinski definition) is 3. The van der Waals surface area contributed by atoms with Crippen LogP contribution in [-0.2, 0) is 6.42 Å². The number of rotatable bonds is 4. The fraction of sp³-hybridized carbons (Fsp3) is 0.818. The van der Waals surface area contributed by atoms with Crippen LogP contribution in [0.25, 0.3) is 0 Å². The number of aromatic amines is 1. The molecule has 1 aliphatic carbocycles. The van der Waals surface area contributed by atoms with Gasteiger partial charge in [0.25, 0.3) is 0 Å². The predicted octanol–water partition coefficient (Wildman–Crippen LogP) is 1.66. The normalized spacial score (nSPS) is 18.9. The van der Waals surface area contributed by atoms with Crippen LogP contribution >= 0.6 is 0 Å². The number of H-pyrrole nitrogens is 1. The lowest BCUT2D eigenvalue weighted by Crippen LogP contribution is -2.30. The third kappa shape index (κ3) is 3.63. The van der Waals surface area contributed by atoms with Crippen LogP contribution in [0.1, 0.15) is 44.3 Å². The van der Waals surface area contributed by atoms with Gasteiger partial charge in [-0.3, -0.25) is 5.10 Å². The van der Waals surface area contributed by atoms with Crippen LogP contribution in [0.4, 0.5) is 0 Å². The molecule has 1 aliphatic rings. The Kier molecular flexibility index (Phi) is 4.14. The summed E-state index contributed by atoms with van der Waals surface area (Å²) in [6.45, 7) is 1.01. The molecule has 15 heavy (non-hydrogen) atoms. The lowest BCUT2D eigenvalue weighted by Gasteiger charge is -2.15. The Morgan fingerprint density at radius 1 is 1.27 bits per heavy atom. The van der Waals surface area contributed by atoms with Crippen molar-refractivity contribution in [1.29, 1.82) is 0 Å². The highest BCUT2D eigenvalue weighted by atomic mass is 15.2. The molecule has 4 nitrogen and oxygen atoms in total. The molecule has 0 radical (unpaired) electrons. The van der Waals surface area contributed by atoms with Crippen LogP contribution in [0, 0.1) is 0 Å². The molecule has 0 aliphatic heterocycles. The Hall–Kier alpha value is -0.900. The molecular formula is C11H20N4. The standard InChI is InChI=1S/C11H20N4/c1-2-4-6-10(5-3-1)12-8-7-11-13-9-14-15-11/h9-10,12H,1-8H2,(H,13,14,15). The minimum absolute atomic E-state index is 0.732. The first-order valence-corrected chi connectivity index (χ1v) is 6.03. The molecule has 4 heteroatoms. The average molecular weight is 208 g/mol. The lowest BCUT2D eigenvalue weighted by molar-refractivity contribution is 0.461. The molecule has 0 saturated heterocycles. The van der Waals surface area contributed by atoms with E-state index >= 15 is 0 Å². The summed E-state index contributed by atoms with van der Waals surface area (Å²) in [5.41, 5.74) is 0. The van der Waals surface area contributed by atoms with Crippen LogP contribution in [0.5, 0.6) is 0 Å². The zero-order chi connectivity index (χ0) is 10.3. The Labute approximate surface area is 90.9 Å². The summed E-state index contributed by atoms with van der Waals surface area (Å²) in [7, 11) is 0. The Morgan fingerprint density at radius 2 is 2.07 bits per heavy atom. The molecule has 84 valence electrons. The molecule has 0 atom stereocenters. The van der Waals surface area contributed by atoms with Crippen LogP contribution in [0.2, 0.25) is 0 Å². The molecule has 0 amide bonds. The van der Waals surface area contributed by atoms with E-state index in [-0.39, 0.29) is 0 Å². The number of hydrogen-bond donors (Lipinski definition) is 2. The van der Waals surface area contributed by atoms with Gasteiger partial charge in [-0.05, 0) is 12.8 Å². The van der Waals surface area contributed by atoms with Crippen molar-refractivity contribution < 1.29 is 0 Å². The molecule has 1 fully saturated rings. The van der Waals surface area contributed by atoms with Gasteiger partial charge in [-0.15, -0.1) is 0 Å². The molecule has 2 rings (SSSR count). The molecule has 0 unspecified atom stereocenters. The molecule has 0 spiro atoms. The van der Waals surface area contributed by atoms with E-state index in [9.17, 15) is 0 Å². The third-order valence-electron chi connectivity index (χ3n) is 3.11. The summed E-state index contributed by atoms with van der Waals surface area (Å²) in [6, 6.07) is 0.732. The van der Waals surface area contributed by atoms with E-state index < -0.39 is 0 Å². The highest BCUT2D eigenvalue weighted by molar-refractivity contribution is 4.81. The summed E-state index contributed by atoms with van der Waals surface area (Å²) in [4.78, 5) is 4.11. The van der Waals surface area contributed by atoms with Crippen molar-refractivity contribution in [1.82, 2.24) is 20.5 Å². The van der Waals surface area contributed by atoms with E-state index in [4.69, 9.17) is 0 Å². The van der Waals surface area contributed by atoms with Gasteiger partial charge in [0.1, 0.15) is 12.2 Å². The minimum atomic E-state index is 0.732. The van der Waals surface area contributed by atoms with Gasteiger partial charge in [-0.2, -0.15) is 5.10 Å². The van der Waals surface area contributed by atoms with Crippen molar-refractivity contribution >= 4 is 0 Å². The number of aromatic nitrogens is 3. The Balaban J connectivity index is 1.64. The molecule has 1 aromatic heterocycles. The van der Waals surface area contributed by atoms with Crippen LogP contribution in [0.3, 0.4) is 0 Å². The maximum atomic E-state index is 4.11. The summed E-state index contributed by atoms with van der Waals surface area (Å²) < 4.78 is 0. The van der Waals surface area contributed by atoms with Gasteiger partial charge in [0, 0.05) is 19.0 Å². The molecule has 1 saturated carbocycles. The number of nitrogens with one attached hydrogen (secondary N) is 2. The minimum Gasteiger partial charge on any atom is -0.314 e. The van der Waals surface area contributed by atoms with Gasteiger partial charge in [0.15, 0.2) is 0 Å². The van der Waals surface area contributed by atoms with E-state index in [1.807, 2.05) is 0 Å². The zero-order valence-electron chi connectivity index (χ0n) is 9.21. The van der Waals surface area contributed by atoms with E-state index in [0.29, 0.717) is 0 Å². The summed E-state index contributed by atoms with van der Waals surface area (Å²) >= 11 is 0. The Morgan fingerprint density at radius 3 is 2.73 bits per heavy atom. The molecule has 2 N–H and O–H groups in total. The SMILES string of the molecule is c1n[nH]c(CCNC2CCCCCC2)n1. The zero-order valence-corrected chi connectivity index (χ0v) is 9.21. The topological polar surface area (TPSA) is 53.6 Å². The lowest BCUT2D eigenvalue weighted by atomic mass is 10.1. The fourth-order valence-electron chi connectivity index (χ4n) is 2.23. The van der Waals surface area contributed by atoms with Gasteiger partial charge in [-0.25, -0.2) is 4.98 Å². The predicted molar refractivity (Wildman–Crippen MR) is 59.6 cm³/mol. The van der Waals surface area contributed by atoms with Crippen LogP contribution in [0.15, 0.2) is 6.33 Å². The largest absolute Gasteiger partial charge is 0.314 e. The van der Waals surface area contributed by atoms with E-state index in [2.05, 4.69) is 20.5 Å². The van der Waals surface area contributed by atoms with Crippen molar-refractivity contribution in [3.63, 3.8) is 0 Å². The molecule has 1 aromatic rings. The first-order valence-electron chi connectivity index (χ1n) is 6.03. The molecule has 1 heterocycles. The van der Waals surface area contributed by atoms with Crippen molar-refractivity contribution in [2.45, 2.75) is 51.0 Å². The van der Waals surface area contributed by atoms with Crippen molar-refractivity contribution in [2.75, 3.05) is 6.54 Å². The van der Waals surface area contributed by atoms with Crippen molar-refractivity contribution in [3.8, 4) is 0 Å². The van der Waals surface area contributed by atoms with Crippen molar-refractivity contribution in [2.24, 2.45) is 0 Å². The summed E-state index contributed by atoms with van der Waals surface area (Å²) in [5, 5.41) is 10.3. The number of nitrogens with zero attached hydrogens (tertiary/aromatic N) is 2. The van der Waals surface area contributed by atoms with E-state index in [1.54, 1.807) is 6.33 Å². The summed E-state index contributed by atoms with van der Waals surface area (Å²) in [5.74, 6) is 0.983. The smallest absolute Gasteiger partial charge is 0.137 e. The third-order valence-corrected chi connectivity index (χ3v) is 3.11. The van der Waals surface area contributed by atoms with E-state index in [0.717, 1.165) is 24.8 Å². The van der Waals surface area contributed by atoms with Crippen molar-refractivity contribution in [3.05, 3.63) is 12.2 Å². The van der Waals surface area contributed by atoms with E-state index in [1.165, 1.54) is 38.5 Å². The molecule has 0 aromatic carbocycles. The quantitative estimate of drug-likeness (QED) is 0.740. The maximum Gasteiger partial charge on any atom is 0.137 e. The van der Waals surface area contributed by atoms with Crippen LogP contribution < -0.4 is 5.32 Å². The highest BCUT2D eigenvalue weighted by Crippen LogP contribution is 2.16. The van der Waals surface area contributed by atoms with Gasteiger partial charge < -0.3 is 5.32 Å². The highest BCUT2D eigenvalue weighted by Gasteiger charge is 2.10. The van der Waals surface area contributed by atoms with Gasteiger partial charge >= 0.3 is 0 Å². The monoisotopic (exact) mass is 208 g/mol. The van der Waals surface area contributed by atoms with Gasteiger partial charge in [0.2, 0.25) is 0 Å².